The first-order valence-corrected chi connectivity index (χ1v) is 14.4. The molecule has 0 spiro atoms. The van der Waals surface area contributed by atoms with Crippen molar-refractivity contribution in [2.75, 3.05) is 0 Å². The fourth-order valence-corrected chi connectivity index (χ4v) is 7.07. The molecule has 4 N–H and O–H groups in total. The third kappa shape index (κ3) is 8.02. The van der Waals surface area contributed by atoms with Gasteiger partial charge in [-0.25, -0.2) is 0 Å². The molecule has 0 aliphatic heterocycles. The van der Waals surface area contributed by atoms with Gasteiger partial charge in [0.05, 0.1) is 0 Å². The molecule has 0 radical (unpaired) electrons. The molecule has 2 aliphatic rings. The lowest BCUT2D eigenvalue weighted by atomic mass is 9.58. The van der Waals surface area contributed by atoms with Crippen LogP contribution in [0.25, 0.3) is 0 Å². The van der Waals surface area contributed by atoms with Crippen molar-refractivity contribution in [3.05, 3.63) is 0 Å². The van der Waals surface area contributed by atoms with Crippen LogP contribution in [-0.4, -0.2) is 11.1 Å². The van der Waals surface area contributed by atoms with E-state index < -0.39 is 0 Å². The minimum absolute atomic E-state index is 0.0104. The fourth-order valence-electron chi connectivity index (χ4n) is 7.07. The van der Waals surface area contributed by atoms with Crippen LogP contribution in [0.15, 0.2) is 0 Å². The van der Waals surface area contributed by atoms with E-state index in [-0.39, 0.29) is 11.1 Å². The monoisotopic (exact) mass is 434 g/mol. The number of unbranched alkanes of at least 4 members (excludes halogenated alkanes) is 4. The number of hydrogen-bond acceptors (Lipinski definition) is 2. The summed E-state index contributed by atoms with van der Waals surface area (Å²) in [5.74, 6) is 0. The second kappa shape index (κ2) is 12.4. The number of hydrogen-bond donors (Lipinski definition) is 2. The molecule has 2 fully saturated rings. The molecule has 31 heavy (non-hydrogen) atoms. The Hall–Kier alpha value is -0.0800. The molecule has 0 unspecified atom stereocenters. The van der Waals surface area contributed by atoms with Crippen molar-refractivity contribution < 1.29 is 0 Å². The van der Waals surface area contributed by atoms with Gasteiger partial charge in [0.2, 0.25) is 0 Å². The Labute approximate surface area is 196 Å². The highest BCUT2D eigenvalue weighted by Crippen LogP contribution is 2.52. The Morgan fingerprint density at radius 1 is 0.452 bits per heavy atom. The van der Waals surface area contributed by atoms with Gasteiger partial charge in [0.15, 0.2) is 0 Å². The Kier molecular flexibility index (Phi) is 10.9. The second-order valence-corrected chi connectivity index (χ2v) is 12.3. The zero-order valence-electron chi connectivity index (χ0n) is 22.0. The molecule has 0 aromatic rings. The lowest BCUT2D eigenvalue weighted by molar-refractivity contribution is 0.0539. The maximum absolute atomic E-state index is 7.10. The second-order valence-electron chi connectivity index (χ2n) is 12.3. The van der Waals surface area contributed by atoms with Crippen molar-refractivity contribution in [2.24, 2.45) is 22.3 Å². The van der Waals surface area contributed by atoms with Gasteiger partial charge in [-0.1, -0.05) is 79.1 Å². The molecule has 2 nitrogen and oxygen atoms in total. The third-order valence-electron chi connectivity index (χ3n) is 9.56. The minimum Gasteiger partial charge on any atom is -0.325 e. The van der Waals surface area contributed by atoms with E-state index in [1.54, 1.807) is 0 Å². The van der Waals surface area contributed by atoms with Gasteiger partial charge in [0.25, 0.3) is 0 Å². The van der Waals surface area contributed by atoms with E-state index >= 15 is 0 Å². The lowest BCUT2D eigenvalue weighted by Crippen LogP contribution is -2.56. The summed E-state index contributed by atoms with van der Waals surface area (Å²) in [5.41, 5.74) is 15.3. The molecule has 2 rings (SSSR count). The van der Waals surface area contributed by atoms with Crippen molar-refractivity contribution in [2.45, 2.75) is 174 Å². The van der Waals surface area contributed by atoms with Gasteiger partial charge < -0.3 is 11.5 Å². The zero-order chi connectivity index (χ0) is 22.8. The van der Waals surface area contributed by atoms with Crippen molar-refractivity contribution in [1.82, 2.24) is 0 Å². The Morgan fingerprint density at radius 2 is 0.710 bits per heavy atom. The molecule has 0 aromatic carbocycles. The topological polar surface area (TPSA) is 52.0 Å². The molecular formula is C29H58N2. The van der Waals surface area contributed by atoms with Gasteiger partial charge in [0, 0.05) is 11.1 Å². The highest BCUT2D eigenvalue weighted by atomic mass is 14.8. The summed E-state index contributed by atoms with van der Waals surface area (Å²) in [6, 6.07) is 0. The van der Waals surface area contributed by atoms with Crippen LogP contribution in [0.2, 0.25) is 0 Å². The molecular weight excluding hydrogens is 376 g/mol. The van der Waals surface area contributed by atoms with Crippen LogP contribution in [0.5, 0.6) is 0 Å². The van der Waals surface area contributed by atoms with Crippen LogP contribution in [0.1, 0.15) is 163 Å². The first kappa shape index (κ1) is 27.2. The maximum atomic E-state index is 7.10. The largest absolute Gasteiger partial charge is 0.325 e. The van der Waals surface area contributed by atoms with E-state index in [9.17, 15) is 0 Å². The third-order valence-corrected chi connectivity index (χ3v) is 9.56. The highest BCUT2D eigenvalue weighted by Gasteiger charge is 2.46. The average Bonchev–Trinajstić information content (AvgIpc) is 2.77. The van der Waals surface area contributed by atoms with Crippen molar-refractivity contribution in [3.8, 4) is 0 Å². The van der Waals surface area contributed by atoms with Gasteiger partial charge in [0.1, 0.15) is 0 Å². The van der Waals surface area contributed by atoms with E-state index in [1.165, 1.54) is 128 Å². The normalized spacial score (nSPS) is 24.2. The van der Waals surface area contributed by atoms with Crippen molar-refractivity contribution >= 4 is 0 Å². The first-order chi connectivity index (χ1) is 14.8. The predicted molar refractivity (Wildman–Crippen MR) is 138 cm³/mol. The summed E-state index contributed by atoms with van der Waals surface area (Å²) in [4.78, 5) is 0. The standard InChI is InChI=1S/C29H58N2/c1-5-9-13-26(14-10-6-2)17-21-28(30,22-18-26)25-29(31)23-19-27(20-24-29,15-11-7-3)16-12-8-4/h5-25,30-31H2,1-4H3. The van der Waals surface area contributed by atoms with E-state index in [1.807, 2.05) is 0 Å². The molecule has 0 saturated heterocycles. The van der Waals surface area contributed by atoms with Crippen LogP contribution >= 0.6 is 0 Å². The molecule has 0 amide bonds. The summed E-state index contributed by atoms with van der Waals surface area (Å²) in [7, 11) is 0. The summed E-state index contributed by atoms with van der Waals surface area (Å²) in [6.07, 6.45) is 27.8. The molecule has 0 heterocycles. The molecule has 2 heteroatoms. The van der Waals surface area contributed by atoms with Crippen molar-refractivity contribution in [1.29, 1.82) is 0 Å². The summed E-state index contributed by atoms with van der Waals surface area (Å²) in [5, 5.41) is 0. The first-order valence-electron chi connectivity index (χ1n) is 14.4. The van der Waals surface area contributed by atoms with Crippen LogP contribution in [0.3, 0.4) is 0 Å². The fraction of sp³-hybridized carbons (Fsp3) is 1.00. The maximum Gasteiger partial charge on any atom is 0.0172 e. The van der Waals surface area contributed by atoms with Gasteiger partial charge >= 0.3 is 0 Å². The average molecular weight is 435 g/mol. The number of rotatable bonds is 14. The van der Waals surface area contributed by atoms with Gasteiger partial charge in [-0.05, 0) is 94.3 Å². The van der Waals surface area contributed by atoms with Crippen LogP contribution in [0.4, 0.5) is 0 Å². The van der Waals surface area contributed by atoms with Gasteiger partial charge in [-0.2, -0.15) is 0 Å². The predicted octanol–water partition coefficient (Wildman–Crippen LogP) is 8.65. The van der Waals surface area contributed by atoms with E-state index in [2.05, 4.69) is 27.7 Å². The smallest absolute Gasteiger partial charge is 0.0172 e. The van der Waals surface area contributed by atoms with Crippen LogP contribution in [0, 0.1) is 10.8 Å². The highest BCUT2D eigenvalue weighted by molar-refractivity contribution is 5.04. The Morgan fingerprint density at radius 3 is 0.935 bits per heavy atom. The van der Waals surface area contributed by atoms with Gasteiger partial charge in [-0.3, -0.25) is 0 Å². The van der Waals surface area contributed by atoms with Crippen molar-refractivity contribution in [3.63, 3.8) is 0 Å². The quantitative estimate of drug-likeness (QED) is 0.287. The molecule has 0 aromatic heterocycles. The van der Waals surface area contributed by atoms with E-state index in [0.29, 0.717) is 10.8 Å². The lowest BCUT2D eigenvalue weighted by Gasteiger charge is -2.51. The van der Waals surface area contributed by atoms with Crippen LogP contribution < -0.4 is 11.5 Å². The Balaban J connectivity index is 1.94. The Bertz CT molecular complexity index is 417. The summed E-state index contributed by atoms with van der Waals surface area (Å²) >= 11 is 0. The van der Waals surface area contributed by atoms with E-state index in [4.69, 9.17) is 11.5 Å². The zero-order valence-corrected chi connectivity index (χ0v) is 22.0. The number of nitrogens with two attached hydrogens (primary N) is 2. The molecule has 184 valence electrons. The molecule has 0 bridgehead atoms. The molecule has 0 atom stereocenters. The summed E-state index contributed by atoms with van der Waals surface area (Å²) < 4.78 is 0. The summed E-state index contributed by atoms with van der Waals surface area (Å²) in [6.45, 7) is 9.36. The van der Waals surface area contributed by atoms with Crippen LogP contribution in [-0.2, 0) is 0 Å². The SMILES string of the molecule is CCCCC1(CCCC)CCC(N)(CC2(N)CCC(CCCC)(CCCC)CC2)CC1. The molecule has 2 aliphatic carbocycles. The van der Waals surface area contributed by atoms with E-state index in [0.717, 1.165) is 6.42 Å². The minimum atomic E-state index is -0.0104. The van der Waals surface area contributed by atoms with Gasteiger partial charge in [-0.15, -0.1) is 0 Å². The molecule has 2 saturated carbocycles.